The van der Waals surface area contributed by atoms with Crippen molar-refractivity contribution in [2.24, 2.45) is 0 Å². The van der Waals surface area contributed by atoms with Gasteiger partial charge in [-0.25, -0.2) is 0 Å². The first kappa shape index (κ1) is 18.9. The molecule has 0 radical (unpaired) electrons. The number of rotatable bonds is 6. The molecule has 24 heavy (non-hydrogen) atoms. The van der Waals surface area contributed by atoms with E-state index >= 15 is 0 Å². The van der Waals surface area contributed by atoms with Crippen molar-refractivity contribution < 1.29 is 14.3 Å². The summed E-state index contributed by atoms with van der Waals surface area (Å²) in [6, 6.07) is 3.88. The number of ether oxygens (including phenoxy) is 1. The Bertz CT molecular complexity index is 572. The molecule has 0 aromatic carbocycles. The minimum Gasteiger partial charge on any atom is -0.378 e. The molecule has 1 aliphatic heterocycles. The maximum Gasteiger partial charge on any atom is 0.262 e. The number of nitrogens with zero attached hydrogens (tertiary/aromatic N) is 1. The van der Waals surface area contributed by atoms with Gasteiger partial charge in [-0.15, -0.1) is 11.3 Å². The molecule has 0 bridgehead atoms. The van der Waals surface area contributed by atoms with Crippen molar-refractivity contribution in [3.05, 3.63) is 22.4 Å². The molecule has 134 valence electrons. The Hall–Kier alpha value is -1.44. The third-order valence-electron chi connectivity index (χ3n) is 4.38. The molecule has 2 atom stereocenters. The van der Waals surface area contributed by atoms with Crippen LogP contribution in [0.5, 0.6) is 0 Å². The monoisotopic (exact) mass is 353 g/mol. The molecule has 1 fully saturated rings. The fraction of sp³-hybridized carbons (Fsp3) is 0.647. The third-order valence-corrected chi connectivity index (χ3v) is 5.25. The molecule has 0 unspecified atom stereocenters. The first-order valence-electron chi connectivity index (χ1n) is 8.18. The van der Waals surface area contributed by atoms with Crippen molar-refractivity contribution in [1.29, 1.82) is 0 Å². The molecule has 0 aliphatic carbocycles. The first-order valence-corrected chi connectivity index (χ1v) is 9.06. The van der Waals surface area contributed by atoms with Crippen molar-refractivity contribution >= 4 is 23.2 Å². The second-order valence-corrected chi connectivity index (χ2v) is 7.91. The summed E-state index contributed by atoms with van der Waals surface area (Å²) in [5.74, 6) is -0.436. The lowest BCUT2D eigenvalue weighted by Crippen LogP contribution is -2.58. The number of nitrogens with one attached hydrogen (secondary N) is 2. The lowest BCUT2D eigenvalue weighted by molar-refractivity contribution is -0.127. The minimum atomic E-state index is -0.995. The minimum absolute atomic E-state index is 0.0415. The molecule has 1 aliphatic rings. The number of amides is 2. The molecule has 2 amide bonds. The van der Waals surface area contributed by atoms with E-state index < -0.39 is 5.54 Å². The van der Waals surface area contributed by atoms with Crippen molar-refractivity contribution in [3.63, 3.8) is 0 Å². The summed E-state index contributed by atoms with van der Waals surface area (Å²) in [4.78, 5) is 27.7. The van der Waals surface area contributed by atoms with E-state index in [-0.39, 0.29) is 24.0 Å². The molecular weight excluding hydrogens is 326 g/mol. The van der Waals surface area contributed by atoms with Crippen LogP contribution in [0.1, 0.15) is 37.4 Å². The van der Waals surface area contributed by atoms with Gasteiger partial charge in [-0.1, -0.05) is 6.07 Å². The van der Waals surface area contributed by atoms with E-state index in [1.54, 1.807) is 27.0 Å². The number of thiophene rings is 1. The number of carbonyl (C=O) groups is 2. The van der Waals surface area contributed by atoms with Gasteiger partial charge >= 0.3 is 0 Å². The zero-order valence-corrected chi connectivity index (χ0v) is 15.8. The lowest BCUT2D eigenvalue weighted by Gasteiger charge is -2.28. The van der Waals surface area contributed by atoms with Crippen LogP contribution < -0.4 is 10.6 Å². The fourth-order valence-electron chi connectivity index (χ4n) is 2.76. The Kier molecular flexibility index (Phi) is 6.01. The summed E-state index contributed by atoms with van der Waals surface area (Å²) < 4.78 is 5.52. The van der Waals surface area contributed by atoms with E-state index in [4.69, 9.17) is 4.74 Å². The number of hydrogen-bond donors (Lipinski definition) is 2. The van der Waals surface area contributed by atoms with Crippen LogP contribution in [0.3, 0.4) is 0 Å². The predicted octanol–water partition coefficient (Wildman–Crippen LogP) is 1.48. The summed E-state index contributed by atoms with van der Waals surface area (Å²) in [5, 5.41) is 7.68. The number of likely N-dealkylation sites (tertiary alicyclic amines) is 1. The van der Waals surface area contributed by atoms with E-state index in [9.17, 15) is 9.59 Å². The zero-order chi connectivity index (χ0) is 17.9. The topological polar surface area (TPSA) is 70.7 Å². The van der Waals surface area contributed by atoms with Gasteiger partial charge in [0.15, 0.2) is 0 Å². The average Bonchev–Trinajstić information content (AvgIpc) is 3.16. The molecule has 2 N–H and O–H groups in total. The molecule has 0 saturated carbocycles. The van der Waals surface area contributed by atoms with Crippen LogP contribution in [0.25, 0.3) is 0 Å². The van der Waals surface area contributed by atoms with Gasteiger partial charge in [0.05, 0.1) is 17.0 Å². The maximum atomic E-state index is 12.7. The van der Waals surface area contributed by atoms with E-state index in [0.717, 1.165) is 13.1 Å². The largest absolute Gasteiger partial charge is 0.378 e. The normalized spacial score (nSPS) is 21.9. The summed E-state index contributed by atoms with van der Waals surface area (Å²) >= 11 is 1.35. The van der Waals surface area contributed by atoms with Gasteiger partial charge in [0, 0.05) is 26.2 Å². The SMILES string of the molecule is CO[C@@H]1CN(C(C)C)C[C@H]1NC(=O)C(C)(C)NC(=O)c1cccs1. The van der Waals surface area contributed by atoms with Gasteiger partial charge in [-0.2, -0.15) is 0 Å². The molecular formula is C17H27N3O3S. The fourth-order valence-corrected chi connectivity index (χ4v) is 3.38. The van der Waals surface area contributed by atoms with Crippen LogP contribution in [0, 0.1) is 0 Å². The van der Waals surface area contributed by atoms with Gasteiger partial charge < -0.3 is 15.4 Å². The van der Waals surface area contributed by atoms with E-state index in [2.05, 4.69) is 29.4 Å². The second-order valence-electron chi connectivity index (χ2n) is 6.96. The van der Waals surface area contributed by atoms with Crippen LogP contribution >= 0.6 is 11.3 Å². The van der Waals surface area contributed by atoms with Crippen molar-refractivity contribution in [1.82, 2.24) is 15.5 Å². The number of hydrogen-bond acceptors (Lipinski definition) is 5. The molecule has 2 rings (SSSR count). The van der Waals surface area contributed by atoms with E-state index in [0.29, 0.717) is 10.9 Å². The van der Waals surface area contributed by atoms with Crippen molar-refractivity contribution in [2.45, 2.75) is 51.4 Å². The third kappa shape index (κ3) is 4.34. The Morgan fingerprint density at radius 2 is 2.08 bits per heavy atom. The van der Waals surface area contributed by atoms with Gasteiger partial charge in [0.1, 0.15) is 5.54 Å². The highest BCUT2D eigenvalue weighted by molar-refractivity contribution is 7.12. The molecule has 1 aromatic heterocycles. The van der Waals surface area contributed by atoms with Crippen LogP contribution in [0.4, 0.5) is 0 Å². The molecule has 2 heterocycles. The molecule has 1 aromatic rings. The van der Waals surface area contributed by atoms with Gasteiger partial charge in [0.25, 0.3) is 5.91 Å². The quantitative estimate of drug-likeness (QED) is 0.813. The Morgan fingerprint density at radius 3 is 2.62 bits per heavy atom. The van der Waals surface area contributed by atoms with Crippen LogP contribution in [0.15, 0.2) is 17.5 Å². The molecule has 7 heteroatoms. The summed E-state index contributed by atoms with van der Waals surface area (Å²) in [6.07, 6.45) is -0.0415. The van der Waals surface area contributed by atoms with Crippen LogP contribution in [0.2, 0.25) is 0 Å². The number of carbonyl (C=O) groups excluding carboxylic acids is 2. The Morgan fingerprint density at radius 1 is 1.38 bits per heavy atom. The number of methoxy groups -OCH3 is 1. The predicted molar refractivity (Wildman–Crippen MR) is 95.3 cm³/mol. The van der Waals surface area contributed by atoms with Gasteiger partial charge in [-0.05, 0) is 39.1 Å². The standard InChI is InChI=1S/C17H27N3O3S/c1-11(2)20-9-12(13(10-20)23-5)18-16(22)17(3,4)19-15(21)14-7-6-8-24-14/h6-8,11-13H,9-10H2,1-5H3,(H,18,22)(H,19,21)/t12-,13-/m1/s1. The maximum absolute atomic E-state index is 12.7. The Labute approximate surface area is 147 Å². The summed E-state index contributed by atoms with van der Waals surface area (Å²) in [6.45, 7) is 9.22. The second kappa shape index (κ2) is 7.63. The Balaban J connectivity index is 1.98. The highest BCUT2D eigenvalue weighted by Crippen LogP contribution is 2.17. The highest BCUT2D eigenvalue weighted by atomic mass is 32.1. The zero-order valence-electron chi connectivity index (χ0n) is 15.0. The first-order chi connectivity index (χ1) is 11.2. The van der Waals surface area contributed by atoms with E-state index in [1.165, 1.54) is 11.3 Å². The summed E-state index contributed by atoms with van der Waals surface area (Å²) in [5.41, 5.74) is -0.995. The smallest absolute Gasteiger partial charge is 0.262 e. The molecule has 0 spiro atoms. The highest BCUT2D eigenvalue weighted by Gasteiger charge is 2.38. The average molecular weight is 353 g/mol. The van der Waals surface area contributed by atoms with Crippen molar-refractivity contribution in [2.75, 3.05) is 20.2 Å². The summed E-state index contributed by atoms with van der Waals surface area (Å²) in [7, 11) is 1.66. The van der Waals surface area contributed by atoms with E-state index in [1.807, 2.05) is 11.4 Å². The van der Waals surface area contributed by atoms with Crippen LogP contribution in [-0.4, -0.2) is 60.6 Å². The molecule has 6 nitrogen and oxygen atoms in total. The van der Waals surface area contributed by atoms with Gasteiger partial charge in [-0.3, -0.25) is 14.5 Å². The van der Waals surface area contributed by atoms with Crippen molar-refractivity contribution in [3.8, 4) is 0 Å². The van der Waals surface area contributed by atoms with Crippen LogP contribution in [-0.2, 0) is 9.53 Å². The molecule has 1 saturated heterocycles. The van der Waals surface area contributed by atoms with Gasteiger partial charge in [0.2, 0.25) is 5.91 Å². The lowest BCUT2D eigenvalue weighted by atomic mass is 10.0.